The van der Waals surface area contributed by atoms with Gasteiger partial charge in [-0.25, -0.2) is 9.85 Å². The highest BCUT2D eigenvalue weighted by atomic mass is 16.3. The first-order valence-electron chi connectivity index (χ1n) is 13.5. The maximum atomic E-state index is 13.4. The average molecular weight is 515 g/mol. The molecule has 0 bridgehead atoms. The van der Waals surface area contributed by atoms with Crippen LogP contribution in [0.3, 0.4) is 0 Å². The fourth-order valence-corrected chi connectivity index (χ4v) is 6.12. The number of amides is 1. The van der Waals surface area contributed by atoms with Crippen LogP contribution in [0.1, 0.15) is 97.3 Å². The normalized spacial score (nSPS) is 19.1. The second-order valence-electron chi connectivity index (χ2n) is 10.6. The van der Waals surface area contributed by atoms with Crippen molar-refractivity contribution in [3.05, 3.63) is 71.2 Å². The zero-order valence-electron chi connectivity index (χ0n) is 21.9. The highest BCUT2D eigenvalue weighted by molar-refractivity contribution is 5.96. The molecule has 3 aliphatic rings. The lowest BCUT2D eigenvalue weighted by Crippen LogP contribution is -2.39. The number of allylic oxidation sites excluding steroid dienone is 1. The van der Waals surface area contributed by atoms with Crippen LogP contribution < -0.4 is 26.9 Å². The van der Waals surface area contributed by atoms with Crippen LogP contribution in [0, 0.1) is 20.4 Å². The molecule has 0 spiro atoms. The molecule has 198 valence electrons. The lowest BCUT2D eigenvalue weighted by molar-refractivity contribution is -0.279. The molecule has 3 heterocycles. The molecule has 0 saturated heterocycles. The van der Waals surface area contributed by atoms with E-state index in [0.29, 0.717) is 27.4 Å². The molecule has 2 saturated carbocycles. The van der Waals surface area contributed by atoms with Crippen molar-refractivity contribution in [1.29, 1.82) is 0 Å². The molecule has 2 aliphatic carbocycles. The van der Waals surface area contributed by atoms with E-state index >= 15 is 0 Å². The molecule has 5 rings (SSSR count). The molecule has 1 amide bonds. The lowest BCUT2D eigenvalue weighted by atomic mass is 9.94. The van der Waals surface area contributed by atoms with Crippen LogP contribution in [-0.2, 0) is 0 Å². The predicted molar refractivity (Wildman–Crippen MR) is 142 cm³/mol. The van der Waals surface area contributed by atoms with E-state index < -0.39 is 11.4 Å². The van der Waals surface area contributed by atoms with Crippen molar-refractivity contribution in [2.75, 3.05) is 0 Å². The van der Waals surface area contributed by atoms with Gasteiger partial charge in [-0.3, -0.25) is 14.4 Å². The smallest absolute Gasteiger partial charge is 0.278 e. The Balaban J connectivity index is 1.54. The van der Waals surface area contributed by atoms with Crippen molar-refractivity contribution in [1.82, 2.24) is 14.6 Å². The fourth-order valence-electron chi connectivity index (χ4n) is 6.12. The van der Waals surface area contributed by atoms with Gasteiger partial charge in [-0.05, 0) is 62.6 Å². The zero-order valence-corrected chi connectivity index (χ0v) is 21.9. The Kier molecular flexibility index (Phi) is 7.06. The molecular weight excluding hydrogens is 482 g/mol. The summed E-state index contributed by atoms with van der Waals surface area (Å²) in [5.41, 5.74) is 1.00. The first-order chi connectivity index (χ1) is 18.3. The van der Waals surface area contributed by atoms with E-state index in [0.717, 1.165) is 64.2 Å². The minimum atomic E-state index is -0.522. The number of hydrogen-bond donors (Lipinski definition) is 1. The number of hydrogen-bond acceptors (Lipinski definition) is 5. The van der Waals surface area contributed by atoms with E-state index in [-0.39, 0.29) is 34.8 Å². The molecule has 0 radical (unpaired) electrons. The predicted octanol–water partition coefficient (Wildman–Crippen LogP) is 3.10. The molecule has 38 heavy (non-hydrogen) atoms. The molecule has 0 aromatic carbocycles. The topological polar surface area (TPSA) is 115 Å². The van der Waals surface area contributed by atoms with Crippen molar-refractivity contribution in [2.24, 2.45) is 5.10 Å². The monoisotopic (exact) mass is 514 g/mol. The van der Waals surface area contributed by atoms with Crippen molar-refractivity contribution < 1.29 is 9.90 Å². The van der Waals surface area contributed by atoms with E-state index in [4.69, 9.17) is 6.57 Å². The Morgan fingerprint density at radius 1 is 0.974 bits per heavy atom. The van der Waals surface area contributed by atoms with Crippen LogP contribution in [0.5, 0.6) is 5.88 Å². The SMILES string of the molecule is [C-]#[N+]c1c(C)c(C=C/C=c2\c(C)c3c([nH]c2=O)=NN(C2CCCCC2)C3=O)c(=O)n(C2CCCCC2)c1[O-]. The number of fused-ring (bicyclic) bond motifs is 1. The van der Waals surface area contributed by atoms with Crippen LogP contribution in [0.25, 0.3) is 17.0 Å². The number of H-pyrrole nitrogens is 1. The minimum absolute atomic E-state index is 0.0450. The summed E-state index contributed by atoms with van der Waals surface area (Å²) in [6.45, 7) is 10.9. The number of carbonyl (C=O) groups is 1. The van der Waals surface area contributed by atoms with Gasteiger partial charge < -0.3 is 14.7 Å². The van der Waals surface area contributed by atoms with Crippen molar-refractivity contribution in [2.45, 2.75) is 90.1 Å². The summed E-state index contributed by atoms with van der Waals surface area (Å²) in [5.74, 6) is -0.718. The summed E-state index contributed by atoms with van der Waals surface area (Å²) in [4.78, 5) is 45.7. The Labute approximate surface area is 220 Å². The number of aromatic nitrogens is 2. The number of nitrogens with one attached hydrogen (secondary N) is 1. The molecule has 9 heteroatoms. The third-order valence-electron chi connectivity index (χ3n) is 8.25. The summed E-state index contributed by atoms with van der Waals surface area (Å²) in [6, 6.07) is -0.154. The lowest BCUT2D eigenvalue weighted by Gasteiger charge is -2.31. The van der Waals surface area contributed by atoms with Gasteiger partial charge in [0.05, 0.1) is 18.2 Å². The Hall–Kier alpha value is -3.93. The van der Waals surface area contributed by atoms with Crippen molar-refractivity contribution >= 4 is 23.7 Å². The third-order valence-corrected chi connectivity index (χ3v) is 8.25. The van der Waals surface area contributed by atoms with E-state index in [1.54, 1.807) is 32.1 Å². The van der Waals surface area contributed by atoms with Gasteiger partial charge in [0.15, 0.2) is 11.2 Å². The molecule has 2 aromatic rings. The van der Waals surface area contributed by atoms with E-state index in [2.05, 4.69) is 14.9 Å². The second-order valence-corrected chi connectivity index (χ2v) is 10.6. The molecular formula is C29H32N5O4-. The highest BCUT2D eigenvalue weighted by Crippen LogP contribution is 2.35. The fraction of sp³-hybridized carbons (Fsp3) is 0.483. The summed E-state index contributed by atoms with van der Waals surface area (Å²) in [5, 5.41) is 19.3. The number of nitrogens with zero attached hydrogens (tertiary/aromatic N) is 4. The first-order valence-corrected chi connectivity index (χ1v) is 13.5. The molecule has 2 aromatic heterocycles. The zero-order chi connectivity index (χ0) is 27.0. The average Bonchev–Trinajstić information content (AvgIpc) is 3.25. The second kappa shape index (κ2) is 10.4. The molecule has 0 unspecified atom stereocenters. The summed E-state index contributed by atoms with van der Waals surface area (Å²) in [6.07, 6.45) is 14.2. The van der Waals surface area contributed by atoms with Crippen molar-refractivity contribution in [3.63, 3.8) is 0 Å². The molecule has 2 fully saturated rings. The van der Waals surface area contributed by atoms with Gasteiger partial charge in [0.2, 0.25) is 0 Å². The third kappa shape index (κ3) is 4.38. The highest BCUT2D eigenvalue weighted by Gasteiger charge is 2.33. The minimum Gasteiger partial charge on any atom is -0.869 e. The Morgan fingerprint density at radius 3 is 2.24 bits per heavy atom. The van der Waals surface area contributed by atoms with Gasteiger partial charge in [-0.15, -0.1) is 0 Å². The van der Waals surface area contributed by atoms with E-state index in [1.807, 2.05) is 0 Å². The Bertz CT molecular complexity index is 1600. The first kappa shape index (κ1) is 25.7. The molecule has 9 nitrogen and oxygen atoms in total. The van der Waals surface area contributed by atoms with Gasteiger partial charge in [0.25, 0.3) is 17.0 Å². The quantitative estimate of drug-likeness (QED) is 0.632. The van der Waals surface area contributed by atoms with Crippen molar-refractivity contribution in [3.8, 4) is 5.88 Å². The maximum Gasteiger partial charge on any atom is 0.278 e. The van der Waals surface area contributed by atoms with Gasteiger partial charge in [-0.2, -0.15) is 5.10 Å². The van der Waals surface area contributed by atoms with Gasteiger partial charge >= 0.3 is 0 Å². The van der Waals surface area contributed by atoms with E-state index in [1.165, 1.54) is 9.58 Å². The number of pyridine rings is 2. The van der Waals surface area contributed by atoms with Crippen LogP contribution in [0.4, 0.5) is 5.69 Å². The Morgan fingerprint density at radius 2 is 1.61 bits per heavy atom. The summed E-state index contributed by atoms with van der Waals surface area (Å²) >= 11 is 0. The van der Waals surface area contributed by atoms with Gasteiger partial charge in [0.1, 0.15) is 0 Å². The van der Waals surface area contributed by atoms with Gasteiger partial charge in [0, 0.05) is 16.8 Å². The maximum absolute atomic E-state index is 13.4. The van der Waals surface area contributed by atoms with Crippen LogP contribution in [0.15, 0.2) is 20.8 Å². The van der Waals surface area contributed by atoms with Crippen LogP contribution >= 0.6 is 0 Å². The summed E-state index contributed by atoms with van der Waals surface area (Å²) in [7, 11) is 0. The van der Waals surface area contributed by atoms with E-state index in [9.17, 15) is 19.5 Å². The van der Waals surface area contributed by atoms with Gasteiger partial charge in [-0.1, -0.05) is 50.7 Å². The molecule has 1 aliphatic heterocycles. The largest absolute Gasteiger partial charge is 0.869 e. The number of aromatic amines is 1. The summed E-state index contributed by atoms with van der Waals surface area (Å²) < 4.78 is 1.26. The molecule has 1 N–H and O–H groups in total. The number of rotatable bonds is 4. The number of carbonyl (C=O) groups excluding carboxylic acids is 1. The molecule has 0 atom stereocenters. The van der Waals surface area contributed by atoms with Crippen LogP contribution in [-0.4, -0.2) is 26.5 Å². The standard InChI is InChI=1S/C29H33N5O4/c1-17-21(26(35)31-25-23(17)28(37)34(32-25)20-13-8-5-9-14-20)15-10-16-22-18(2)24(30-3)29(38)33(27(22)36)19-11-6-4-7-12-19/h10,15-16,19-20,38H,4-9,11-14H2,1-2H3,(H,31,32,35)/p-1/b16-10?,21-15+. The van der Waals surface area contributed by atoms with Crippen LogP contribution in [0.2, 0.25) is 0 Å².